The first-order valence-corrected chi connectivity index (χ1v) is 8.19. The number of carbonyl (C=O) groups is 2. The van der Waals surface area contributed by atoms with Crippen molar-refractivity contribution in [2.24, 2.45) is 0 Å². The molecule has 136 valence electrons. The van der Waals surface area contributed by atoms with Gasteiger partial charge in [0.25, 0.3) is 11.6 Å². The third-order valence-electron chi connectivity index (χ3n) is 4.06. The maximum absolute atomic E-state index is 12.2. The summed E-state index contributed by atoms with van der Waals surface area (Å²) in [4.78, 5) is 35.9. The lowest BCUT2D eigenvalue weighted by molar-refractivity contribution is -0.384. The van der Waals surface area contributed by atoms with Gasteiger partial charge in [-0.15, -0.1) is 0 Å². The number of nitro groups is 1. The third-order valence-corrected chi connectivity index (χ3v) is 4.06. The van der Waals surface area contributed by atoms with Gasteiger partial charge in [-0.05, 0) is 30.2 Å². The van der Waals surface area contributed by atoms with Gasteiger partial charge in [-0.2, -0.15) is 0 Å². The molecule has 0 aliphatic rings. The van der Waals surface area contributed by atoms with Gasteiger partial charge in [0, 0.05) is 44.3 Å². The van der Waals surface area contributed by atoms with Crippen molar-refractivity contribution >= 4 is 17.5 Å². The molecule has 2 aromatic rings. The molecule has 0 heterocycles. The van der Waals surface area contributed by atoms with Crippen molar-refractivity contribution in [1.82, 2.24) is 10.2 Å². The van der Waals surface area contributed by atoms with E-state index in [4.69, 9.17) is 0 Å². The Morgan fingerprint density at radius 1 is 1.12 bits per heavy atom. The highest BCUT2D eigenvalue weighted by atomic mass is 16.6. The van der Waals surface area contributed by atoms with Crippen LogP contribution in [0.5, 0.6) is 0 Å². The molecule has 0 spiro atoms. The molecule has 2 amide bonds. The number of non-ortho nitro benzene ring substituents is 1. The average molecular weight is 355 g/mol. The van der Waals surface area contributed by atoms with E-state index in [1.165, 1.54) is 24.3 Å². The van der Waals surface area contributed by atoms with E-state index in [0.717, 1.165) is 11.1 Å². The molecule has 0 atom stereocenters. The molecular weight excluding hydrogens is 334 g/mol. The van der Waals surface area contributed by atoms with Crippen LogP contribution in [0, 0.1) is 17.0 Å². The van der Waals surface area contributed by atoms with Crippen molar-refractivity contribution in [3.63, 3.8) is 0 Å². The fraction of sp³-hybridized carbons (Fsp3) is 0.263. The molecule has 1 N–H and O–H groups in total. The monoisotopic (exact) mass is 355 g/mol. The number of nitro benzene ring substituents is 1. The van der Waals surface area contributed by atoms with Crippen LogP contribution in [-0.2, 0) is 11.3 Å². The molecule has 0 unspecified atom stereocenters. The summed E-state index contributed by atoms with van der Waals surface area (Å²) in [5, 5.41) is 13.3. The largest absolute Gasteiger partial charge is 0.352 e. The van der Waals surface area contributed by atoms with E-state index in [-0.39, 0.29) is 30.5 Å². The van der Waals surface area contributed by atoms with Gasteiger partial charge in [-0.1, -0.05) is 24.3 Å². The second-order valence-electron chi connectivity index (χ2n) is 5.99. The van der Waals surface area contributed by atoms with Gasteiger partial charge < -0.3 is 10.2 Å². The van der Waals surface area contributed by atoms with Crippen LogP contribution in [0.4, 0.5) is 5.69 Å². The van der Waals surface area contributed by atoms with Crippen molar-refractivity contribution in [2.45, 2.75) is 19.9 Å². The molecule has 0 saturated carbocycles. The summed E-state index contributed by atoms with van der Waals surface area (Å²) in [6, 6.07) is 13.2. The van der Waals surface area contributed by atoms with E-state index in [1.807, 2.05) is 31.2 Å². The first-order valence-electron chi connectivity index (χ1n) is 8.19. The molecule has 0 fully saturated rings. The lowest BCUT2D eigenvalue weighted by Crippen LogP contribution is -2.32. The summed E-state index contributed by atoms with van der Waals surface area (Å²) < 4.78 is 0. The van der Waals surface area contributed by atoms with Crippen molar-refractivity contribution < 1.29 is 14.5 Å². The van der Waals surface area contributed by atoms with Crippen LogP contribution in [0.25, 0.3) is 0 Å². The molecule has 0 bridgehead atoms. The summed E-state index contributed by atoms with van der Waals surface area (Å²) in [6.45, 7) is 2.71. The third kappa shape index (κ3) is 5.14. The topological polar surface area (TPSA) is 92.6 Å². The van der Waals surface area contributed by atoms with E-state index >= 15 is 0 Å². The molecule has 0 aliphatic heterocycles. The summed E-state index contributed by atoms with van der Waals surface area (Å²) >= 11 is 0. The Morgan fingerprint density at radius 3 is 2.38 bits per heavy atom. The molecule has 26 heavy (non-hydrogen) atoms. The number of benzene rings is 2. The van der Waals surface area contributed by atoms with Gasteiger partial charge in [0.15, 0.2) is 0 Å². The second-order valence-corrected chi connectivity index (χ2v) is 5.99. The highest BCUT2D eigenvalue weighted by molar-refractivity contribution is 5.94. The quantitative estimate of drug-likeness (QED) is 0.610. The fourth-order valence-electron chi connectivity index (χ4n) is 2.44. The second kappa shape index (κ2) is 8.75. The lowest BCUT2D eigenvalue weighted by Gasteiger charge is -2.18. The molecule has 0 aromatic heterocycles. The van der Waals surface area contributed by atoms with Crippen molar-refractivity contribution in [3.8, 4) is 0 Å². The Kier molecular flexibility index (Phi) is 6.43. The molecule has 0 saturated heterocycles. The van der Waals surface area contributed by atoms with Gasteiger partial charge >= 0.3 is 0 Å². The predicted octanol–water partition coefficient (Wildman–Crippen LogP) is 2.68. The van der Waals surface area contributed by atoms with Gasteiger partial charge in [0.1, 0.15) is 0 Å². The van der Waals surface area contributed by atoms with Crippen LogP contribution >= 0.6 is 0 Å². The highest BCUT2D eigenvalue weighted by Gasteiger charge is 2.12. The zero-order valence-corrected chi connectivity index (χ0v) is 14.8. The van der Waals surface area contributed by atoms with E-state index in [1.54, 1.807) is 11.9 Å². The van der Waals surface area contributed by atoms with Crippen molar-refractivity contribution in [1.29, 1.82) is 0 Å². The van der Waals surface area contributed by atoms with Crippen LogP contribution in [0.1, 0.15) is 27.9 Å². The zero-order valence-electron chi connectivity index (χ0n) is 14.8. The number of hydrogen-bond acceptors (Lipinski definition) is 4. The Bertz CT molecular complexity index is 803. The van der Waals surface area contributed by atoms with E-state index < -0.39 is 4.92 Å². The maximum Gasteiger partial charge on any atom is 0.269 e. The van der Waals surface area contributed by atoms with Gasteiger partial charge in [0.05, 0.1) is 4.92 Å². The number of amides is 2. The SMILES string of the molecule is Cc1ccccc1CN(C)C(=O)CCNC(=O)c1ccc([N+](=O)[O-])cc1. The molecule has 0 aliphatic carbocycles. The molecule has 7 heteroatoms. The first kappa shape index (κ1) is 19.1. The van der Waals surface area contributed by atoms with Crippen molar-refractivity contribution in [3.05, 3.63) is 75.3 Å². The van der Waals surface area contributed by atoms with Crippen LogP contribution in [-0.4, -0.2) is 35.2 Å². The zero-order chi connectivity index (χ0) is 19.1. The average Bonchev–Trinajstić information content (AvgIpc) is 2.63. The number of rotatable bonds is 7. The standard InChI is InChI=1S/C19H21N3O4/c1-14-5-3-4-6-16(14)13-21(2)18(23)11-12-20-19(24)15-7-9-17(10-8-15)22(25)26/h3-10H,11-13H2,1-2H3,(H,20,24). The number of aryl methyl sites for hydroxylation is 1. The maximum atomic E-state index is 12.2. The lowest BCUT2D eigenvalue weighted by atomic mass is 10.1. The first-order chi connectivity index (χ1) is 12.4. The molecule has 7 nitrogen and oxygen atoms in total. The fourth-order valence-corrected chi connectivity index (χ4v) is 2.44. The van der Waals surface area contributed by atoms with Crippen molar-refractivity contribution in [2.75, 3.05) is 13.6 Å². The van der Waals surface area contributed by atoms with E-state index in [9.17, 15) is 19.7 Å². The van der Waals surface area contributed by atoms with Crippen LogP contribution in [0.2, 0.25) is 0 Å². The van der Waals surface area contributed by atoms with Gasteiger partial charge in [-0.3, -0.25) is 19.7 Å². The number of nitrogens with zero attached hydrogens (tertiary/aromatic N) is 2. The smallest absolute Gasteiger partial charge is 0.269 e. The van der Waals surface area contributed by atoms with E-state index in [0.29, 0.717) is 12.1 Å². The summed E-state index contributed by atoms with van der Waals surface area (Å²) in [5.74, 6) is -0.438. The summed E-state index contributed by atoms with van der Waals surface area (Å²) in [6.07, 6.45) is 0.182. The molecule has 2 rings (SSSR count). The number of carbonyl (C=O) groups excluding carboxylic acids is 2. The van der Waals surface area contributed by atoms with Crippen LogP contribution < -0.4 is 5.32 Å². The number of nitrogens with one attached hydrogen (secondary N) is 1. The van der Waals surface area contributed by atoms with Gasteiger partial charge in [0.2, 0.25) is 5.91 Å². The Morgan fingerprint density at radius 2 is 1.77 bits per heavy atom. The molecular formula is C19H21N3O4. The normalized spacial score (nSPS) is 10.2. The van der Waals surface area contributed by atoms with Crippen LogP contribution in [0.15, 0.2) is 48.5 Å². The Hall–Kier alpha value is -3.22. The summed E-state index contributed by atoms with van der Waals surface area (Å²) in [5.41, 5.74) is 2.45. The minimum absolute atomic E-state index is 0.0720. The highest BCUT2D eigenvalue weighted by Crippen LogP contribution is 2.12. The molecule has 2 aromatic carbocycles. The Labute approximate surface area is 151 Å². The van der Waals surface area contributed by atoms with E-state index in [2.05, 4.69) is 5.32 Å². The Balaban J connectivity index is 1.81. The molecule has 0 radical (unpaired) electrons. The number of hydrogen-bond donors (Lipinski definition) is 1. The van der Waals surface area contributed by atoms with Crippen LogP contribution in [0.3, 0.4) is 0 Å². The summed E-state index contributed by atoms with van der Waals surface area (Å²) in [7, 11) is 1.73. The minimum Gasteiger partial charge on any atom is -0.352 e. The minimum atomic E-state index is -0.523. The predicted molar refractivity (Wildman–Crippen MR) is 97.7 cm³/mol. The van der Waals surface area contributed by atoms with Gasteiger partial charge in [-0.25, -0.2) is 0 Å².